The van der Waals surface area contributed by atoms with Crippen LogP contribution in [0.3, 0.4) is 0 Å². The van der Waals surface area contributed by atoms with E-state index in [1.165, 1.54) is 4.90 Å². The normalized spacial score (nSPS) is 10.3. The van der Waals surface area contributed by atoms with Crippen LogP contribution in [-0.2, 0) is 6.42 Å². The Labute approximate surface area is 111 Å². The van der Waals surface area contributed by atoms with E-state index in [9.17, 15) is 4.79 Å². The molecule has 0 radical (unpaired) electrons. The summed E-state index contributed by atoms with van der Waals surface area (Å²) in [7, 11) is 0. The average molecular weight is 257 g/mol. The summed E-state index contributed by atoms with van der Waals surface area (Å²) in [5.41, 5.74) is 1.72. The van der Waals surface area contributed by atoms with Crippen LogP contribution in [0.5, 0.6) is 0 Å². The minimum absolute atomic E-state index is 0.135. The number of pyridine rings is 1. The third-order valence-corrected chi connectivity index (χ3v) is 3.47. The van der Waals surface area contributed by atoms with Crippen molar-refractivity contribution in [2.75, 3.05) is 5.75 Å². The van der Waals surface area contributed by atoms with E-state index in [0.717, 1.165) is 16.9 Å². The molecule has 1 aromatic heterocycles. The molecule has 92 valence electrons. The number of ketones is 1. The van der Waals surface area contributed by atoms with Crippen molar-refractivity contribution in [1.29, 1.82) is 0 Å². The van der Waals surface area contributed by atoms with Gasteiger partial charge in [-0.1, -0.05) is 25.1 Å². The van der Waals surface area contributed by atoms with Crippen molar-refractivity contribution in [1.82, 2.24) is 4.98 Å². The Morgan fingerprint density at radius 2 is 2.00 bits per heavy atom. The Bertz CT molecular complexity index is 508. The van der Waals surface area contributed by atoms with Gasteiger partial charge in [-0.05, 0) is 29.5 Å². The Morgan fingerprint density at radius 3 is 2.61 bits per heavy atom. The van der Waals surface area contributed by atoms with Gasteiger partial charge in [0.25, 0.3) is 0 Å². The lowest BCUT2D eigenvalue weighted by molar-refractivity contribution is 0.0993. The van der Waals surface area contributed by atoms with Crippen LogP contribution in [-0.4, -0.2) is 16.5 Å². The maximum Gasteiger partial charge on any atom is 0.167 e. The zero-order valence-electron chi connectivity index (χ0n) is 10.3. The third-order valence-electron chi connectivity index (χ3n) is 2.57. The molecule has 1 heterocycles. The molecule has 0 N–H and O–H groups in total. The number of hydrogen-bond acceptors (Lipinski definition) is 3. The Hall–Kier alpha value is -1.61. The lowest BCUT2D eigenvalue weighted by Crippen LogP contribution is -2.03. The van der Waals surface area contributed by atoms with Gasteiger partial charge in [0.15, 0.2) is 5.78 Å². The van der Waals surface area contributed by atoms with Gasteiger partial charge in [-0.15, -0.1) is 11.8 Å². The Kier molecular flexibility index (Phi) is 4.53. The fourth-order valence-corrected chi connectivity index (χ4v) is 2.36. The number of benzene rings is 1. The van der Waals surface area contributed by atoms with Crippen molar-refractivity contribution in [3.05, 3.63) is 59.9 Å². The fourth-order valence-electron chi connectivity index (χ4n) is 1.69. The molecule has 2 aromatic rings. The molecule has 0 saturated carbocycles. The second kappa shape index (κ2) is 6.36. The highest BCUT2D eigenvalue weighted by Gasteiger charge is 2.06. The van der Waals surface area contributed by atoms with Crippen molar-refractivity contribution in [3.63, 3.8) is 0 Å². The highest BCUT2D eigenvalue weighted by Crippen LogP contribution is 2.18. The monoisotopic (exact) mass is 257 g/mol. The molecule has 0 amide bonds. The molecule has 18 heavy (non-hydrogen) atoms. The van der Waals surface area contributed by atoms with Crippen molar-refractivity contribution in [2.24, 2.45) is 0 Å². The van der Waals surface area contributed by atoms with Gasteiger partial charge in [0.2, 0.25) is 0 Å². The maximum absolute atomic E-state index is 12.0. The van der Waals surface area contributed by atoms with Gasteiger partial charge in [0.05, 0.1) is 0 Å². The summed E-state index contributed by atoms with van der Waals surface area (Å²) < 4.78 is 0. The van der Waals surface area contributed by atoms with Crippen molar-refractivity contribution < 1.29 is 4.79 Å². The lowest BCUT2D eigenvalue weighted by atomic mass is 10.0. The molecule has 0 aliphatic rings. The summed E-state index contributed by atoms with van der Waals surface area (Å²) in [5.74, 6) is 1.18. The van der Waals surface area contributed by atoms with Crippen molar-refractivity contribution in [2.45, 2.75) is 18.2 Å². The van der Waals surface area contributed by atoms with E-state index in [2.05, 4.69) is 11.9 Å². The lowest BCUT2D eigenvalue weighted by Gasteiger charge is -2.03. The quantitative estimate of drug-likeness (QED) is 0.605. The van der Waals surface area contributed by atoms with Gasteiger partial charge < -0.3 is 0 Å². The first-order chi connectivity index (χ1) is 8.79. The van der Waals surface area contributed by atoms with Gasteiger partial charge in [-0.3, -0.25) is 9.78 Å². The zero-order valence-corrected chi connectivity index (χ0v) is 11.1. The van der Waals surface area contributed by atoms with Crippen LogP contribution in [0.25, 0.3) is 0 Å². The second-order valence-electron chi connectivity index (χ2n) is 3.92. The van der Waals surface area contributed by atoms with Crippen LogP contribution < -0.4 is 0 Å². The summed E-state index contributed by atoms with van der Waals surface area (Å²) in [5, 5.41) is 0. The molecule has 0 saturated heterocycles. The molecular weight excluding hydrogens is 242 g/mol. The Morgan fingerprint density at radius 1 is 1.22 bits per heavy atom. The van der Waals surface area contributed by atoms with Crippen LogP contribution in [0, 0.1) is 0 Å². The predicted octanol–water partition coefficient (Wildman–Crippen LogP) is 3.62. The number of thioether (sulfide) groups is 1. The first kappa shape index (κ1) is 12.8. The zero-order chi connectivity index (χ0) is 12.8. The number of aromatic nitrogens is 1. The van der Waals surface area contributed by atoms with Gasteiger partial charge in [0, 0.05) is 29.3 Å². The number of carbonyl (C=O) groups excluding carboxylic acids is 1. The predicted molar refractivity (Wildman–Crippen MR) is 75.1 cm³/mol. The van der Waals surface area contributed by atoms with Crippen LogP contribution in [0.4, 0.5) is 0 Å². The molecule has 0 atom stereocenters. The number of carbonyl (C=O) groups is 1. The van der Waals surface area contributed by atoms with Gasteiger partial charge >= 0.3 is 0 Å². The molecular formula is C15H15NOS. The topological polar surface area (TPSA) is 30.0 Å². The van der Waals surface area contributed by atoms with Crippen LogP contribution in [0.1, 0.15) is 22.8 Å². The number of hydrogen-bond donors (Lipinski definition) is 0. The summed E-state index contributed by atoms with van der Waals surface area (Å²) in [6, 6.07) is 11.6. The van der Waals surface area contributed by atoms with Crippen LogP contribution in [0.15, 0.2) is 53.7 Å². The largest absolute Gasteiger partial charge is 0.294 e. The number of rotatable bonds is 5. The minimum Gasteiger partial charge on any atom is -0.294 e. The van der Waals surface area contributed by atoms with Gasteiger partial charge in [0.1, 0.15) is 0 Å². The first-order valence-corrected chi connectivity index (χ1v) is 6.93. The molecule has 1 aromatic carbocycles. The number of nitrogens with zero attached hydrogens (tertiary/aromatic N) is 1. The molecule has 0 bridgehead atoms. The molecule has 0 aliphatic heterocycles. The fraction of sp³-hybridized carbons (Fsp3) is 0.200. The van der Waals surface area contributed by atoms with Gasteiger partial charge in [-0.25, -0.2) is 0 Å². The van der Waals surface area contributed by atoms with E-state index in [1.807, 2.05) is 36.4 Å². The summed E-state index contributed by atoms with van der Waals surface area (Å²) in [6.45, 7) is 2.12. The third kappa shape index (κ3) is 3.44. The van der Waals surface area contributed by atoms with Gasteiger partial charge in [-0.2, -0.15) is 0 Å². The van der Waals surface area contributed by atoms with E-state index >= 15 is 0 Å². The average Bonchev–Trinajstić information content (AvgIpc) is 2.41. The highest BCUT2D eigenvalue weighted by molar-refractivity contribution is 7.99. The molecule has 0 fully saturated rings. The van der Waals surface area contributed by atoms with E-state index < -0.39 is 0 Å². The standard InChI is InChI=1S/C15H15NOS/c1-2-18-14-7-5-13(6-8-14)15(17)10-12-4-3-9-16-11-12/h3-9,11H,2,10H2,1H3. The smallest absolute Gasteiger partial charge is 0.167 e. The highest BCUT2D eigenvalue weighted by atomic mass is 32.2. The van der Waals surface area contributed by atoms with E-state index in [0.29, 0.717) is 6.42 Å². The van der Waals surface area contributed by atoms with E-state index in [4.69, 9.17) is 0 Å². The van der Waals surface area contributed by atoms with E-state index in [-0.39, 0.29) is 5.78 Å². The van der Waals surface area contributed by atoms with Crippen LogP contribution in [0.2, 0.25) is 0 Å². The second-order valence-corrected chi connectivity index (χ2v) is 5.26. The first-order valence-electron chi connectivity index (χ1n) is 5.94. The molecule has 2 nitrogen and oxygen atoms in total. The maximum atomic E-state index is 12.0. The summed E-state index contributed by atoms with van der Waals surface area (Å²) in [6.07, 6.45) is 3.86. The SMILES string of the molecule is CCSc1ccc(C(=O)Cc2cccnc2)cc1. The minimum atomic E-state index is 0.135. The Balaban J connectivity index is 2.05. The molecule has 3 heteroatoms. The van der Waals surface area contributed by atoms with Crippen LogP contribution >= 0.6 is 11.8 Å². The number of Topliss-reactive ketones (excluding diaryl/α,β-unsaturated/α-hetero) is 1. The molecule has 0 unspecified atom stereocenters. The summed E-state index contributed by atoms with van der Waals surface area (Å²) in [4.78, 5) is 17.3. The van der Waals surface area contributed by atoms with Crippen molar-refractivity contribution >= 4 is 17.5 Å². The van der Waals surface area contributed by atoms with Crippen molar-refractivity contribution in [3.8, 4) is 0 Å². The molecule has 0 spiro atoms. The molecule has 2 rings (SSSR count). The molecule has 0 aliphatic carbocycles. The summed E-state index contributed by atoms with van der Waals surface area (Å²) >= 11 is 1.78. The van der Waals surface area contributed by atoms with E-state index in [1.54, 1.807) is 24.2 Å².